The molecule has 2 aliphatic rings. The molecule has 2 aliphatic heterocycles. The number of carbonyl (C=O) groups is 1. The number of likely N-dealkylation sites (tertiary alicyclic amines) is 1. The third kappa shape index (κ3) is 3.63. The van der Waals surface area contributed by atoms with Crippen LogP contribution in [0.1, 0.15) is 16.8 Å². The molecule has 0 bridgehead atoms. The lowest BCUT2D eigenvalue weighted by atomic mass is 9.92. The van der Waals surface area contributed by atoms with Gasteiger partial charge in [-0.2, -0.15) is 0 Å². The van der Waals surface area contributed by atoms with Crippen molar-refractivity contribution in [3.05, 3.63) is 36.0 Å². The highest BCUT2D eigenvalue weighted by Crippen LogP contribution is 2.25. The number of rotatable bonds is 4. The number of nitrogens with zero attached hydrogens (tertiary/aromatic N) is 2. The van der Waals surface area contributed by atoms with Crippen molar-refractivity contribution in [1.29, 1.82) is 0 Å². The van der Waals surface area contributed by atoms with Gasteiger partial charge in [0.2, 0.25) is 0 Å². The Bertz CT molecular complexity index is 760. The number of aromatic amines is 1. The maximum atomic E-state index is 13.0. The highest BCUT2D eigenvalue weighted by molar-refractivity contribution is 5.98. The summed E-state index contributed by atoms with van der Waals surface area (Å²) < 4.78 is 11.3. The van der Waals surface area contributed by atoms with Gasteiger partial charge in [-0.25, -0.2) is 0 Å². The number of aromatic nitrogens is 1. The van der Waals surface area contributed by atoms with E-state index in [0.717, 1.165) is 62.3 Å². The molecule has 3 heterocycles. The number of methoxy groups -OCH3 is 1. The van der Waals surface area contributed by atoms with E-state index >= 15 is 0 Å². The monoisotopic (exact) mass is 357 g/mol. The Kier molecular flexibility index (Phi) is 5.24. The number of fused-ring (bicyclic) bond motifs is 2. The smallest absolute Gasteiger partial charge is 0.253 e. The van der Waals surface area contributed by atoms with Crippen molar-refractivity contribution in [3.63, 3.8) is 0 Å². The lowest BCUT2D eigenvalue weighted by Gasteiger charge is -2.38. The predicted octanol–water partition coefficient (Wildman–Crippen LogP) is 1.98. The zero-order valence-corrected chi connectivity index (χ0v) is 15.3. The van der Waals surface area contributed by atoms with E-state index in [1.165, 1.54) is 0 Å². The van der Waals surface area contributed by atoms with Crippen molar-refractivity contribution < 1.29 is 14.3 Å². The molecule has 1 amide bonds. The molecule has 0 radical (unpaired) electrons. The van der Waals surface area contributed by atoms with Gasteiger partial charge in [0.05, 0.1) is 19.3 Å². The summed E-state index contributed by atoms with van der Waals surface area (Å²) in [7, 11) is 1.74. The van der Waals surface area contributed by atoms with Gasteiger partial charge >= 0.3 is 0 Å². The van der Waals surface area contributed by atoms with Gasteiger partial charge in [0, 0.05) is 68.4 Å². The fourth-order valence-electron chi connectivity index (χ4n) is 4.10. The average molecular weight is 357 g/mol. The number of hydrogen-bond acceptors (Lipinski definition) is 4. The second kappa shape index (κ2) is 7.78. The van der Waals surface area contributed by atoms with E-state index in [2.05, 4.69) is 9.88 Å². The largest absolute Gasteiger partial charge is 0.383 e. The lowest BCUT2D eigenvalue weighted by Crippen LogP contribution is -2.49. The summed E-state index contributed by atoms with van der Waals surface area (Å²) in [4.78, 5) is 20.5. The Morgan fingerprint density at radius 3 is 3.12 bits per heavy atom. The second-order valence-electron chi connectivity index (χ2n) is 7.28. The Morgan fingerprint density at radius 2 is 2.23 bits per heavy atom. The summed E-state index contributed by atoms with van der Waals surface area (Å²) >= 11 is 0. The van der Waals surface area contributed by atoms with Crippen LogP contribution >= 0.6 is 0 Å². The first-order valence-electron chi connectivity index (χ1n) is 9.44. The van der Waals surface area contributed by atoms with Gasteiger partial charge in [-0.05, 0) is 30.7 Å². The van der Waals surface area contributed by atoms with E-state index in [0.29, 0.717) is 12.5 Å². The summed E-state index contributed by atoms with van der Waals surface area (Å²) in [5, 5.41) is 1.07. The summed E-state index contributed by atoms with van der Waals surface area (Å²) in [6.07, 6.45) is 3.03. The molecular weight excluding hydrogens is 330 g/mol. The number of ether oxygens (including phenoxy) is 2. The molecule has 0 aliphatic carbocycles. The molecule has 1 aromatic carbocycles. The first kappa shape index (κ1) is 17.5. The van der Waals surface area contributed by atoms with Gasteiger partial charge < -0.3 is 19.4 Å². The summed E-state index contributed by atoms with van der Waals surface area (Å²) in [5.41, 5.74) is 1.81. The third-order valence-electron chi connectivity index (χ3n) is 5.63. The van der Waals surface area contributed by atoms with Gasteiger partial charge in [-0.15, -0.1) is 0 Å². The highest BCUT2D eigenvalue weighted by Gasteiger charge is 2.35. The quantitative estimate of drug-likeness (QED) is 0.909. The molecule has 26 heavy (non-hydrogen) atoms. The molecule has 1 aromatic heterocycles. The summed E-state index contributed by atoms with van der Waals surface area (Å²) in [5.74, 6) is 0.598. The van der Waals surface area contributed by atoms with Crippen LogP contribution in [0, 0.1) is 5.92 Å². The van der Waals surface area contributed by atoms with Crippen molar-refractivity contribution >= 4 is 16.8 Å². The van der Waals surface area contributed by atoms with E-state index in [1.54, 1.807) is 7.11 Å². The molecule has 2 aromatic rings. The van der Waals surface area contributed by atoms with Gasteiger partial charge in [-0.1, -0.05) is 0 Å². The minimum absolute atomic E-state index is 0.107. The number of amides is 1. The van der Waals surface area contributed by atoms with E-state index in [9.17, 15) is 4.79 Å². The van der Waals surface area contributed by atoms with Crippen LogP contribution in [0.15, 0.2) is 30.5 Å². The first-order chi connectivity index (χ1) is 12.7. The minimum Gasteiger partial charge on any atom is -0.383 e. The van der Waals surface area contributed by atoms with Gasteiger partial charge in [-0.3, -0.25) is 9.69 Å². The van der Waals surface area contributed by atoms with Gasteiger partial charge in [0.15, 0.2) is 0 Å². The molecule has 0 spiro atoms. The fraction of sp³-hybridized carbons (Fsp3) is 0.550. The number of hydrogen-bond donors (Lipinski definition) is 1. The van der Waals surface area contributed by atoms with Crippen molar-refractivity contribution in [2.75, 3.05) is 53.0 Å². The topological polar surface area (TPSA) is 57.8 Å². The molecular formula is C20H27N3O3. The van der Waals surface area contributed by atoms with Crippen LogP contribution in [0.4, 0.5) is 0 Å². The number of piperidine rings is 1. The first-order valence-corrected chi connectivity index (χ1v) is 9.44. The average Bonchev–Trinajstić information content (AvgIpc) is 3.04. The number of nitrogens with one attached hydrogen (secondary N) is 1. The molecule has 1 N–H and O–H groups in total. The van der Waals surface area contributed by atoms with Crippen molar-refractivity contribution in [2.45, 2.75) is 12.5 Å². The molecule has 2 fully saturated rings. The molecule has 2 saturated heterocycles. The maximum Gasteiger partial charge on any atom is 0.253 e. The zero-order valence-electron chi connectivity index (χ0n) is 15.3. The zero-order chi connectivity index (χ0) is 17.9. The maximum absolute atomic E-state index is 13.0. The van der Waals surface area contributed by atoms with Gasteiger partial charge in [0.1, 0.15) is 0 Å². The van der Waals surface area contributed by atoms with Crippen LogP contribution in [-0.4, -0.2) is 79.8 Å². The van der Waals surface area contributed by atoms with Crippen LogP contribution in [0.2, 0.25) is 0 Å². The lowest BCUT2D eigenvalue weighted by molar-refractivity contribution is -0.0171. The van der Waals surface area contributed by atoms with Crippen LogP contribution < -0.4 is 0 Å². The Balaban J connectivity index is 1.41. The number of H-pyrrole nitrogens is 1. The van der Waals surface area contributed by atoms with Gasteiger partial charge in [0.25, 0.3) is 5.91 Å². The number of carbonyl (C=O) groups excluding carboxylic acids is 1. The van der Waals surface area contributed by atoms with Crippen LogP contribution in [0.25, 0.3) is 10.9 Å². The van der Waals surface area contributed by atoms with Crippen LogP contribution in [-0.2, 0) is 9.47 Å². The third-order valence-corrected chi connectivity index (χ3v) is 5.63. The summed E-state index contributed by atoms with van der Waals surface area (Å²) in [6, 6.07) is 7.86. The van der Waals surface area contributed by atoms with E-state index in [4.69, 9.17) is 9.47 Å². The minimum atomic E-state index is 0.107. The molecule has 0 saturated carbocycles. The molecule has 6 nitrogen and oxygen atoms in total. The second-order valence-corrected chi connectivity index (χ2v) is 7.28. The van der Waals surface area contributed by atoms with Crippen LogP contribution in [0.5, 0.6) is 0 Å². The standard InChI is InChI=1S/C20H27N3O3/c1-25-10-8-22-9-11-26-19-14-23(7-5-17(19)13-22)20(24)16-2-3-18-15(12-16)4-6-21-18/h2-4,6,12,17,19,21H,5,7-11,13-14H2,1H3/t17-,19-/m1/s1. The van der Waals surface area contributed by atoms with Crippen molar-refractivity contribution in [2.24, 2.45) is 5.92 Å². The predicted molar refractivity (Wildman–Crippen MR) is 100 cm³/mol. The fourth-order valence-corrected chi connectivity index (χ4v) is 4.10. The van der Waals surface area contributed by atoms with Crippen LogP contribution in [0.3, 0.4) is 0 Å². The Hall–Kier alpha value is -1.89. The highest BCUT2D eigenvalue weighted by atomic mass is 16.5. The number of benzene rings is 1. The summed E-state index contributed by atoms with van der Waals surface area (Å²) in [6.45, 7) is 5.88. The molecule has 140 valence electrons. The van der Waals surface area contributed by atoms with Crippen molar-refractivity contribution in [1.82, 2.24) is 14.8 Å². The molecule has 2 atom stereocenters. The van der Waals surface area contributed by atoms with E-state index < -0.39 is 0 Å². The molecule has 6 heteroatoms. The Labute approximate surface area is 154 Å². The normalized spacial score (nSPS) is 24.4. The SMILES string of the molecule is COCCN1CCO[C@@H]2CN(C(=O)c3ccc4[nH]ccc4c3)CC[C@@H]2C1. The van der Waals surface area contributed by atoms with E-state index in [1.807, 2.05) is 35.4 Å². The van der Waals surface area contributed by atoms with E-state index in [-0.39, 0.29) is 12.0 Å². The Morgan fingerprint density at radius 1 is 1.31 bits per heavy atom. The molecule has 4 rings (SSSR count). The molecule has 0 unspecified atom stereocenters. The van der Waals surface area contributed by atoms with Crippen molar-refractivity contribution in [3.8, 4) is 0 Å².